The van der Waals surface area contributed by atoms with Gasteiger partial charge in [0.1, 0.15) is 0 Å². The minimum absolute atomic E-state index is 0.0510. The van der Waals surface area contributed by atoms with E-state index in [2.05, 4.69) is 0 Å². The molecule has 0 aliphatic rings. The number of aliphatic carboxylic acids is 1. The van der Waals surface area contributed by atoms with Gasteiger partial charge in [0.15, 0.2) is 5.58 Å². The van der Waals surface area contributed by atoms with E-state index in [0.29, 0.717) is 12.1 Å². The molecule has 120 valence electrons. The molecule has 0 aliphatic heterocycles. The number of hydrogen-bond acceptors (Lipinski definition) is 5. The number of aromatic nitrogens is 1. The largest absolute Gasteiger partial charge is 0.481 e. The van der Waals surface area contributed by atoms with E-state index in [1.807, 2.05) is 0 Å². The lowest BCUT2D eigenvalue weighted by atomic mass is 10.3. The minimum Gasteiger partial charge on any atom is -0.481 e. The zero-order valence-electron chi connectivity index (χ0n) is 12.1. The fraction of sp³-hybridized carbons (Fsp3) is 0.385. The van der Waals surface area contributed by atoms with Gasteiger partial charge in [-0.3, -0.25) is 9.36 Å². The molecule has 1 N–H and O–H groups in total. The maximum absolute atomic E-state index is 12.4. The number of carboxylic acid groups (broad SMARTS) is 1. The number of oxazole rings is 1. The van der Waals surface area contributed by atoms with Gasteiger partial charge in [0.2, 0.25) is 10.0 Å². The lowest BCUT2D eigenvalue weighted by molar-refractivity contribution is -0.137. The Hall–Kier alpha value is -2.13. The van der Waals surface area contributed by atoms with Gasteiger partial charge in [0.25, 0.3) is 0 Å². The second-order valence-electron chi connectivity index (χ2n) is 4.71. The van der Waals surface area contributed by atoms with Gasteiger partial charge in [-0.15, -0.1) is 0 Å². The van der Waals surface area contributed by atoms with Crippen LogP contribution >= 0.6 is 0 Å². The molecule has 0 saturated carbocycles. The summed E-state index contributed by atoms with van der Waals surface area (Å²) in [7, 11) is -2.54. The van der Waals surface area contributed by atoms with Crippen LogP contribution in [-0.2, 0) is 21.4 Å². The summed E-state index contributed by atoms with van der Waals surface area (Å²) in [4.78, 5) is 22.1. The van der Waals surface area contributed by atoms with E-state index in [0.717, 1.165) is 4.31 Å². The van der Waals surface area contributed by atoms with E-state index in [-0.39, 0.29) is 23.4 Å². The quantitative estimate of drug-likeness (QED) is 0.836. The Balaban J connectivity index is 2.41. The van der Waals surface area contributed by atoms with Crippen molar-refractivity contribution in [3.8, 4) is 0 Å². The second kappa shape index (κ2) is 5.93. The fourth-order valence-corrected chi connectivity index (χ4v) is 3.25. The highest BCUT2D eigenvalue weighted by Crippen LogP contribution is 2.21. The molecule has 0 radical (unpaired) electrons. The lowest BCUT2D eigenvalue weighted by Crippen LogP contribution is -2.29. The third-order valence-electron chi connectivity index (χ3n) is 3.30. The first-order valence-corrected chi connectivity index (χ1v) is 8.03. The molecule has 0 aliphatic carbocycles. The molecule has 8 nitrogen and oxygen atoms in total. The van der Waals surface area contributed by atoms with Gasteiger partial charge in [-0.05, 0) is 19.1 Å². The Morgan fingerprint density at radius 1 is 1.41 bits per heavy atom. The third-order valence-corrected chi connectivity index (χ3v) is 5.16. The lowest BCUT2D eigenvalue weighted by Gasteiger charge is -2.16. The zero-order chi connectivity index (χ0) is 16.5. The molecule has 0 saturated heterocycles. The van der Waals surface area contributed by atoms with E-state index in [4.69, 9.17) is 9.52 Å². The third kappa shape index (κ3) is 2.90. The molecule has 2 aromatic rings. The first-order valence-electron chi connectivity index (χ1n) is 6.59. The van der Waals surface area contributed by atoms with Gasteiger partial charge in [0.05, 0.1) is 16.8 Å². The van der Waals surface area contributed by atoms with Crippen molar-refractivity contribution in [2.45, 2.75) is 24.8 Å². The summed E-state index contributed by atoms with van der Waals surface area (Å²) >= 11 is 0. The topological polar surface area (TPSA) is 110 Å². The number of aryl methyl sites for hydroxylation is 1. The van der Waals surface area contributed by atoms with Gasteiger partial charge in [-0.25, -0.2) is 17.5 Å². The van der Waals surface area contributed by atoms with Crippen molar-refractivity contribution < 1.29 is 22.7 Å². The van der Waals surface area contributed by atoms with E-state index >= 15 is 0 Å². The van der Waals surface area contributed by atoms with E-state index in [1.54, 1.807) is 6.92 Å². The second-order valence-corrected chi connectivity index (χ2v) is 6.76. The number of rotatable bonds is 6. The van der Waals surface area contributed by atoms with Gasteiger partial charge in [0, 0.05) is 26.2 Å². The van der Waals surface area contributed by atoms with Crippen LogP contribution in [0.2, 0.25) is 0 Å². The molecule has 1 aromatic heterocycles. The number of carbonyl (C=O) groups is 1. The molecule has 1 aromatic carbocycles. The minimum atomic E-state index is -3.84. The Kier molecular flexibility index (Phi) is 4.38. The number of carboxylic acids is 1. The Morgan fingerprint density at radius 3 is 2.68 bits per heavy atom. The van der Waals surface area contributed by atoms with Crippen molar-refractivity contribution in [1.82, 2.24) is 8.87 Å². The Labute approximate surface area is 126 Å². The van der Waals surface area contributed by atoms with Crippen LogP contribution in [0.5, 0.6) is 0 Å². The van der Waals surface area contributed by atoms with Crippen LogP contribution in [0.25, 0.3) is 11.1 Å². The van der Waals surface area contributed by atoms with Gasteiger partial charge in [-0.1, -0.05) is 0 Å². The molecule has 9 heteroatoms. The normalized spacial score (nSPS) is 12.1. The van der Waals surface area contributed by atoms with E-state index in [9.17, 15) is 18.0 Å². The average Bonchev–Trinajstić information content (AvgIpc) is 2.78. The SMILES string of the molecule is CCn1c(=O)oc2cc(S(=O)(=O)N(C)CCC(=O)O)ccc21. The predicted molar refractivity (Wildman–Crippen MR) is 78.2 cm³/mol. The molecule has 2 rings (SSSR count). The predicted octanol–water partition coefficient (Wildman–Crippen LogP) is 0.710. The number of fused-ring (bicyclic) bond motifs is 1. The van der Waals surface area contributed by atoms with Gasteiger partial charge < -0.3 is 9.52 Å². The van der Waals surface area contributed by atoms with Crippen LogP contribution < -0.4 is 5.76 Å². The number of sulfonamides is 1. The average molecular weight is 328 g/mol. The molecular weight excluding hydrogens is 312 g/mol. The summed E-state index contributed by atoms with van der Waals surface area (Å²) < 4.78 is 32.1. The van der Waals surface area contributed by atoms with Crippen LogP contribution in [0.1, 0.15) is 13.3 Å². The maximum Gasteiger partial charge on any atom is 0.419 e. The summed E-state index contributed by atoms with van der Waals surface area (Å²) in [6.45, 7) is 2.05. The molecule has 22 heavy (non-hydrogen) atoms. The van der Waals surface area contributed by atoms with E-state index in [1.165, 1.54) is 29.8 Å². The number of nitrogens with zero attached hydrogens (tertiary/aromatic N) is 2. The summed E-state index contributed by atoms with van der Waals surface area (Å²) in [5.74, 6) is -1.63. The molecule has 0 unspecified atom stereocenters. The molecule has 0 spiro atoms. The molecule has 0 atom stereocenters. The molecule has 1 heterocycles. The first kappa shape index (κ1) is 16.2. The van der Waals surface area contributed by atoms with Crippen molar-refractivity contribution in [3.05, 3.63) is 28.7 Å². The first-order chi connectivity index (χ1) is 10.3. The number of hydrogen-bond donors (Lipinski definition) is 1. The van der Waals surface area contributed by atoms with Crippen LogP contribution in [0.4, 0.5) is 0 Å². The molecule has 0 fully saturated rings. The fourth-order valence-electron chi connectivity index (χ4n) is 2.06. The highest BCUT2D eigenvalue weighted by atomic mass is 32.2. The molecule has 0 amide bonds. The monoisotopic (exact) mass is 328 g/mol. The van der Waals surface area contributed by atoms with Crippen molar-refractivity contribution in [2.75, 3.05) is 13.6 Å². The van der Waals surface area contributed by atoms with Crippen LogP contribution in [0, 0.1) is 0 Å². The van der Waals surface area contributed by atoms with Gasteiger partial charge >= 0.3 is 11.7 Å². The Morgan fingerprint density at radius 2 is 2.09 bits per heavy atom. The Bertz CT molecular complexity index is 864. The molecular formula is C13H16N2O6S. The van der Waals surface area contributed by atoms with Crippen molar-refractivity contribution in [2.24, 2.45) is 0 Å². The van der Waals surface area contributed by atoms with Crippen molar-refractivity contribution in [3.63, 3.8) is 0 Å². The molecule has 0 bridgehead atoms. The highest BCUT2D eigenvalue weighted by molar-refractivity contribution is 7.89. The standard InChI is InChI=1S/C13H16N2O6S/c1-3-15-10-5-4-9(8-11(10)21-13(15)18)22(19,20)14(2)7-6-12(16)17/h4-5,8H,3,6-7H2,1-2H3,(H,16,17). The highest BCUT2D eigenvalue weighted by Gasteiger charge is 2.22. The number of benzene rings is 1. The van der Waals surface area contributed by atoms with E-state index < -0.39 is 21.7 Å². The summed E-state index contributed by atoms with van der Waals surface area (Å²) in [6, 6.07) is 4.15. The van der Waals surface area contributed by atoms with Gasteiger partial charge in [-0.2, -0.15) is 0 Å². The summed E-state index contributed by atoms with van der Waals surface area (Å²) in [5, 5.41) is 8.63. The maximum atomic E-state index is 12.4. The van der Waals surface area contributed by atoms with Crippen LogP contribution in [0.15, 0.2) is 32.3 Å². The summed E-state index contributed by atoms with van der Waals surface area (Å²) in [6.07, 6.45) is -0.292. The zero-order valence-corrected chi connectivity index (χ0v) is 13.0. The summed E-state index contributed by atoms with van der Waals surface area (Å²) in [5.41, 5.74) is 0.694. The smallest absolute Gasteiger partial charge is 0.419 e. The van der Waals surface area contributed by atoms with Crippen LogP contribution in [-0.4, -0.2) is 42.0 Å². The van der Waals surface area contributed by atoms with Crippen LogP contribution in [0.3, 0.4) is 0 Å². The van der Waals surface area contributed by atoms with Crippen molar-refractivity contribution >= 4 is 27.1 Å². The van der Waals surface area contributed by atoms with Crippen molar-refractivity contribution in [1.29, 1.82) is 0 Å².